The van der Waals surface area contributed by atoms with Gasteiger partial charge in [0.25, 0.3) is 0 Å². The van der Waals surface area contributed by atoms with Gasteiger partial charge in [0, 0.05) is 0 Å². The Labute approximate surface area is 61.9 Å². The van der Waals surface area contributed by atoms with Crippen molar-refractivity contribution in [3.05, 3.63) is 24.3 Å². The number of fused-ring (bicyclic) bond motifs is 1. The van der Waals surface area contributed by atoms with Gasteiger partial charge in [-0.2, -0.15) is 0 Å². The van der Waals surface area contributed by atoms with Gasteiger partial charge >= 0.3 is 0 Å². The van der Waals surface area contributed by atoms with E-state index in [9.17, 15) is 0 Å². The molecule has 2 N–H and O–H groups in total. The lowest BCUT2D eigenvalue weighted by Crippen LogP contribution is -2.06. The summed E-state index contributed by atoms with van der Waals surface area (Å²) in [5, 5.41) is 0. The van der Waals surface area contributed by atoms with Gasteiger partial charge in [0.15, 0.2) is 0 Å². The lowest BCUT2D eigenvalue weighted by atomic mass is 9.95. The van der Waals surface area contributed by atoms with Crippen molar-refractivity contribution in [3.63, 3.8) is 0 Å². The van der Waals surface area contributed by atoms with E-state index >= 15 is 0 Å². The van der Waals surface area contributed by atoms with Crippen LogP contribution in [0.5, 0.6) is 0 Å². The molecule has 0 atom stereocenters. The zero-order chi connectivity index (χ0) is 7.56. The summed E-state index contributed by atoms with van der Waals surface area (Å²) in [7, 11) is 0. The highest BCUT2D eigenvalue weighted by molar-refractivity contribution is 5.75. The number of hydrogen-bond acceptors (Lipinski definition) is 1. The van der Waals surface area contributed by atoms with E-state index in [-0.39, 0.29) is 0 Å². The van der Waals surface area contributed by atoms with Crippen molar-refractivity contribution in [1.29, 1.82) is 0 Å². The quantitative estimate of drug-likeness (QED) is 0.587. The van der Waals surface area contributed by atoms with Gasteiger partial charge in [0.2, 0.25) is 0 Å². The van der Waals surface area contributed by atoms with Crippen molar-refractivity contribution in [2.24, 2.45) is 5.73 Å². The molecule has 54 valence electrons. The lowest BCUT2D eigenvalue weighted by Gasteiger charge is -2.10. The molecule has 1 nitrogen and oxygen atoms in total. The SMILES string of the molecule is CC(C)N.c1cc2ccc1-2. The minimum Gasteiger partial charge on any atom is -0.328 e. The molecular weight excluding hydrogens is 122 g/mol. The molecule has 2 aliphatic carbocycles. The van der Waals surface area contributed by atoms with Gasteiger partial charge in [-0.3, -0.25) is 0 Å². The molecule has 0 fully saturated rings. The van der Waals surface area contributed by atoms with Crippen molar-refractivity contribution in [2.45, 2.75) is 19.9 Å². The highest BCUT2D eigenvalue weighted by atomic mass is 14.6. The average molecular weight is 135 g/mol. The van der Waals surface area contributed by atoms with Crippen LogP contribution in [0.2, 0.25) is 0 Å². The Bertz CT molecular complexity index is 175. The van der Waals surface area contributed by atoms with Crippen LogP contribution in [0.3, 0.4) is 0 Å². The Morgan fingerprint density at radius 1 is 1.00 bits per heavy atom. The normalized spacial score (nSPS) is 10.4. The van der Waals surface area contributed by atoms with Gasteiger partial charge in [-0.15, -0.1) is 0 Å². The fourth-order valence-corrected chi connectivity index (χ4v) is 0.663. The van der Waals surface area contributed by atoms with Crippen LogP contribution < -0.4 is 5.73 Å². The van der Waals surface area contributed by atoms with Crippen LogP contribution in [0.4, 0.5) is 0 Å². The highest BCUT2D eigenvalue weighted by Gasteiger charge is 2.03. The molecule has 1 heteroatoms. The molecule has 0 aromatic carbocycles. The molecule has 2 aliphatic rings. The van der Waals surface area contributed by atoms with Crippen LogP contribution in [0, 0.1) is 0 Å². The molecule has 0 heterocycles. The monoisotopic (exact) mass is 135 g/mol. The van der Waals surface area contributed by atoms with Crippen LogP contribution in [0.15, 0.2) is 24.3 Å². The number of benzene rings is 1. The van der Waals surface area contributed by atoms with E-state index in [1.807, 2.05) is 13.8 Å². The standard InChI is InChI=1S/C6H4.C3H9N/c1-2-6-4-3-5(1)6;1-3(2)4/h1-4H;3H,4H2,1-2H3. The Kier molecular flexibility index (Phi) is 2.07. The second kappa shape index (κ2) is 2.84. The minimum atomic E-state index is 0.333. The maximum Gasteiger partial charge on any atom is -0.00179 e. The largest absolute Gasteiger partial charge is 0.328 e. The Morgan fingerprint density at radius 2 is 1.20 bits per heavy atom. The molecule has 10 heavy (non-hydrogen) atoms. The van der Waals surface area contributed by atoms with Crippen molar-refractivity contribution >= 4 is 0 Å². The van der Waals surface area contributed by atoms with Gasteiger partial charge in [0.1, 0.15) is 0 Å². The first-order chi connectivity index (χ1) is 4.70. The van der Waals surface area contributed by atoms with Gasteiger partial charge in [-0.05, 0) is 17.2 Å². The van der Waals surface area contributed by atoms with Crippen LogP contribution in [0.1, 0.15) is 13.8 Å². The summed E-state index contributed by atoms with van der Waals surface area (Å²) in [6.45, 7) is 3.89. The van der Waals surface area contributed by atoms with E-state index in [1.54, 1.807) is 0 Å². The van der Waals surface area contributed by atoms with Gasteiger partial charge in [0.05, 0.1) is 0 Å². The fourth-order valence-electron chi connectivity index (χ4n) is 0.663. The first kappa shape index (κ1) is 7.29. The van der Waals surface area contributed by atoms with E-state index in [1.165, 1.54) is 11.1 Å². The molecule has 0 saturated carbocycles. The van der Waals surface area contributed by atoms with Crippen LogP contribution in [0.25, 0.3) is 11.1 Å². The van der Waals surface area contributed by atoms with E-state index in [0.29, 0.717) is 6.04 Å². The van der Waals surface area contributed by atoms with Crippen LogP contribution in [-0.4, -0.2) is 6.04 Å². The number of hydrogen-bond donors (Lipinski definition) is 1. The number of rotatable bonds is 0. The third kappa shape index (κ3) is 1.58. The number of nitrogens with two attached hydrogens (primary N) is 1. The molecule has 0 unspecified atom stereocenters. The van der Waals surface area contributed by atoms with E-state index in [4.69, 9.17) is 5.73 Å². The summed E-state index contributed by atoms with van der Waals surface area (Å²) in [6.07, 6.45) is 0. The van der Waals surface area contributed by atoms with E-state index in [2.05, 4.69) is 24.3 Å². The molecule has 0 aromatic rings. The predicted octanol–water partition coefficient (Wildman–Crippen LogP) is 2.02. The van der Waals surface area contributed by atoms with Crippen LogP contribution >= 0.6 is 0 Å². The second-order valence-corrected chi connectivity index (χ2v) is 2.82. The van der Waals surface area contributed by atoms with Gasteiger partial charge in [-0.1, -0.05) is 38.1 Å². The second-order valence-electron chi connectivity index (χ2n) is 2.82. The summed E-state index contributed by atoms with van der Waals surface area (Å²) in [5.41, 5.74) is 7.96. The lowest BCUT2D eigenvalue weighted by molar-refractivity contribution is 0.834. The first-order valence-electron chi connectivity index (χ1n) is 3.56. The molecule has 0 aliphatic heterocycles. The van der Waals surface area contributed by atoms with Crippen molar-refractivity contribution in [2.75, 3.05) is 0 Å². The van der Waals surface area contributed by atoms with Crippen LogP contribution in [-0.2, 0) is 0 Å². The molecule has 0 amide bonds. The molecular formula is C9H13N. The summed E-state index contributed by atoms with van der Waals surface area (Å²) in [6, 6.07) is 8.81. The van der Waals surface area contributed by atoms with Crippen molar-refractivity contribution in [3.8, 4) is 11.1 Å². The smallest absolute Gasteiger partial charge is 0.00179 e. The maximum absolute atomic E-state index is 5.11. The zero-order valence-corrected chi connectivity index (χ0v) is 6.46. The molecule has 0 radical (unpaired) electrons. The third-order valence-corrected chi connectivity index (χ3v) is 1.22. The summed E-state index contributed by atoms with van der Waals surface area (Å²) in [4.78, 5) is 0. The Hall–Kier alpha value is -0.820. The van der Waals surface area contributed by atoms with E-state index in [0.717, 1.165) is 0 Å². The summed E-state index contributed by atoms with van der Waals surface area (Å²) >= 11 is 0. The summed E-state index contributed by atoms with van der Waals surface area (Å²) < 4.78 is 0. The fraction of sp³-hybridized carbons (Fsp3) is 0.333. The predicted molar refractivity (Wildman–Crippen MR) is 44.8 cm³/mol. The first-order valence-corrected chi connectivity index (χ1v) is 3.56. The summed E-state index contributed by atoms with van der Waals surface area (Å²) in [5.74, 6) is 0. The molecule has 2 rings (SSSR count). The van der Waals surface area contributed by atoms with E-state index < -0.39 is 0 Å². The van der Waals surface area contributed by atoms with Gasteiger partial charge < -0.3 is 5.73 Å². The molecule has 0 aromatic heterocycles. The van der Waals surface area contributed by atoms with Crippen molar-refractivity contribution in [1.82, 2.24) is 0 Å². The Balaban J connectivity index is 0.000000112. The zero-order valence-electron chi connectivity index (χ0n) is 6.46. The third-order valence-electron chi connectivity index (χ3n) is 1.22. The Morgan fingerprint density at radius 3 is 1.20 bits per heavy atom. The van der Waals surface area contributed by atoms with Gasteiger partial charge in [-0.25, -0.2) is 0 Å². The minimum absolute atomic E-state index is 0.333. The highest BCUT2D eigenvalue weighted by Crippen LogP contribution is 2.29. The molecule has 0 bridgehead atoms. The average Bonchev–Trinajstić information content (AvgIpc) is 1.77. The maximum atomic E-state index is 5.11. The van der Waals surface area contributed by atoms with Crippen molar-refractivity contribution < 1.29 is 0 Å². The molecule has 0 spiro atoms. The topological polar surface area (TPSA) is 26.0 Å². The molecule has 0 saturated heterocycles.